The summed E-state index contributed by atoms with van der Waals surface area (Å²) >= 11 is 0. The fraction of sp³-hybridized carbons (Fsp3) is 0.133. The van der Waals surface area contributed by atoms with E-state index in [2.05, 4.69) is 0 Å². The third-order valence-corrected chi connectivity index (χ3v) is 6.06. The number of carbonyl (C=O) groups excluding carboxylic acids is 2. The minimum absolute atomic E-state index is 0.394. The molecule has 0 aliphatic carbocycles. The number of esters is 2. The molecule has 4 aromatic rings. The SMILES string of the molecule is CC(C(=O)OC(=O)C(C)c1ccc(-c2ccccc2)c(F)c1)c1ccc(-c2ccccc2)c(F)c1. The van der Waals surface area contributed by atoms with E-state index in [-0.39, 0.29) is 0 Å². The maximum absolute atomic E-state index is 14.7. The number of ether oxygens (including phenoxy) is 1. The fourth-order valence-corrected chi connectivity index (χ4v) is 3.85. The van der Waals surface area contributed by atoms with Gasteiger partial charge in [-0.3, -0.25) is 9.59 Å². The van der Waals surface area contributed by atoms with Gasteiger partial charge in [0.1, 0.15) is 11.6 Å². The fourth-order valence-electron chi connectivity index (χ4n) is 3.85. The lowest BCUT2D eigenvalue weighted by Crippen LogP contribution is -2.22. The Balaban J connectivity index is 1.44. The Labute approximate surface area is 203 Å². The number of rotatable bonds is 6. The summed E-state index contributed by atoms with van der Waals surface area (Å²) in [5.74, 6) is -4.25. The van der Waals surface area contributed by atoms with Crippen LogP contribution in [0.4, 0.5) is 8.78 Å². The smallest absolute Gasteiger partial charge is 0.320 e. The maximum atomic E-state index is 14.7. The van der Waals surface area contributed by atoms with E-state index in [9.17, 15) is 18.4 Å². The molecule has 0 spiro atoms. The zero-order valence-corrected chi connectivity index (χ0v) is 19.4. The molecule has 0 aliphatic rings. The highest BCUT2D eigenvalue weighted by molar-refractivity contribution is 5.92. The van der Waals surface area contributed by atoms with E-state index in [0.29, 0.717) is 22.3 Å². The molecular formula is C30H24F2O3. The molecule has 4 rings (SSSR count). The van der Waals surface area contributed by atoms with Crippen molar-refractivity contribution in [3.05, 3.63) is 120 Å². The Kier molecular flexibility index (Phi) is 7.16. The normalized spacial score (nSPS) is 12.6. The molecule has 2 unspecified atom stereocenters. The van der Waals surface area contributed by atoms with Crippen molar-refractivity contribution in [3.8, 4) is 22.3 Å². The molecule has 0 heterocycles. The molecule has 4 aromatic carbocycles. The highest BCUT2D eigenvalue weighted by Gasteiger charge is 2.26. The quantitative estimate of drug-likeness (QED) is 0.220. The lowest BCUT2D eigenvalue weighted by Gasteiger charge is -2.15. The van der Waals surface area contributed by atoms with E-state index in [4.69, 9.17) is 4.74 Å². The zero-order chi connectivity index (χ0) is 24.9. The molecular weight excluding hydrogens is 446 g/mol. The van der Waals surface area contributed by atoms with Crippen LogP contribution in [-0.2, 0) is 14.3 Å². The van der Waals surface area contributed by atoms with E-state index in [0.717, 1.165) is 11.1 Å². The second-order valence-electron chi connectivity index (χ2n) is 8.39. The van der Waals surface area contributed by atoms with Crippen molar-refractivity contribution < 1.29 is 23.1 Å². The third kappa shape index (κ3) is 5.35. The van der Waals surface area contributed by atoms with Gasteiger partial charge in [0, 0.05) is 11.1 Å². The lowest BCUT2D eigenvalue weighted by molar-refractivity contribution is -0.161. The molecule has 0 amide bonds. The molecule has 176 valence electrons. The van der Waals surface area contributed by atoms with Crippen molar-refractivity contribution in [1.29, 1.82) is 0 Å². The summed E-state index contributed by atoms with van der Waals surface area (Å²) in [5.41, 5.74) is 3.07. The van der Waals surface area contributed by atoms with E-state index in [1.807, 2.05) is 36.4 Å². The number of hydrogen-bond acceptors (Lipinski definition) is 3. The van der Waals surface area contributed by atoms with E-state index < -0.39 is 35.4 Å². The Morgan fingerprint density at radius 2 is 0.971 bits per heavy atom. The van der Waals surface area contributed by atoms with Crippen molar-refractivity contribution in [2.45, 2.75) is 25.7 Å². The number of benzene rings is 4. The molecule has 0 fully saturated rings. The van der Waals surface area contributed by atoms with Gasteiger partial charge in [-0.2, -0.15) is 0 Å². The maximum Gasteiger partial charge on any atom is 0.320 e. The first-order chi connectivity index (χ1) is 16.8. The van der Waals surface area contributed by atoms with Crippen molar-refractivity contribution in [1.82, 2.24) is 0 Å². The first-order valence-electron chi connectivity index (χ1n) is 11.3. The van der Waals surface area contributed by atoms with Crippen molar-refractivity contribution in [3.63, 3.8) is 0 Å². The van der Waals surface area contributed by atoms with Crippen LogP contribution < -0.4 is 0 Å². The molecule has 5 heteroatoms. The van der Waals surface area contributed by atoms with Crippen LogP contribution in [0.3, 0.4) is 0 Å². The number of halogens is 2. The van der Waals surface area contributed by atoms with Gasteiger partial charge in [0.2, 0.25) is 0 Å². The predicted molar refractivity (Wildman–Crippen MR) is 132 cm³/mol. The summed E-state index contributed by atoms with van der Waals surface area (Å²) in [4.78, 5) is 25.2. The summed E-state index contributed by atoms with van der Waals surface area (Å²) in [6.07, 6.45) is 0. The van der Waals surface area contributed by atoms with Crippen LogP contribution in [0.1, 0.15) is 36.8 Å². The van der Waals surface area contributed by atoms with Crippen LogP contribution in [0.15, 0.2) is 97.1 Å². The summed E-state index contributed by atoms with van der Waals surface area (Å²) in [5, 5.41) is 0. The number of hydrogen-bond donors (Lipinski definition) is 0. The van der Waals surface area contributed by atoms with Gasteiger partial charge < -0.3 is 4.74 Å². The van der Waals surface area contributed by atoms with Gasteiger partial charge in [0.25, 0.3) is 0 Å². The van der Waals surface area contributed by atoms with Crippen molar-refractivity contribution >= 4 is 11.9 Å². The lowest BCUT2D eigenvalue weighted by atomic mass is 9.96. The van der Waals surface area contributed by atoms with Crippen LogP contribution in [-0.4, -0.2) is 11.9 Å². The van der Waals surface area contributed by atoms with Crippen molar-refractivity contribution in [2.75, 3.05) is 0 Å². The van der Waals surface area contributed by atoms with Gasteiger partial charge in [0.05, 0.1) is 11.8 Å². The van der Waals surface area contributed by atoms with Crippen LogP contribution in [0.5, 0.6) is 0 Å². The van der Waals surface area contributed by atoms with Gasteiger partial charge in [0.15, 0.2) is 0 Å². The Morgan fingerprint density at radius 1 is 0.600 bits per heavy atom. The third-order valence-electron chi connectivity index (χ3n) is 6.06. The van der Waals surface area contributed by atoms with Gasteiger partial charge in [-0.05, 0) is 48.2 Å². The van der Waals surface area contributed by atoms with Crippen LogP contribution in [0, 0.1) is 11.6 Å². The Hall–Kier alpha value is -4.12. The average molecular weight is 471 g/mol. The second-order valence-corrected chi connectivity index (χ2v) is 8.39. The van der Waals surface area contributed by atoms with E-state index in [1.165, 1.54) is 12.1 Å². The molecule has 0 aliphatic heterocycles. The van der Waals surface area contributed by atoms with Crippen molar-refractivity contribution in [2.24, 2.45) is 0 Å². The molecule has 2 atom stereocenters. The van der Waals surface area contributed by atoms with Crippen LogP contribution in [0.2, 0.25) is 0 Å². The standard InChI is InChI=1S/C30H24F2O3/c1-19(23-13-15-25(27(31)17-23)21-9-5-3-6-10-21)29(33)35-30(34)20(2)24-14-16-26(28(32)18-24)22-11-7-4-8-12-22/h3-20H,1-2H3. The summed E-state index contributed by atoms with van der Waals surface area (Å²) in [7, 11) is 0. The zero-order valence-electron chi connectivity index (χ0n) is 19.4. The first kappa shape index (κ1) is 24.0. The highest BCUT2D eigenvalue weighted by Crippen LogP contribution is 2.29. The van der Waals surface area contributed by atoms with Crippen LogP contribution in [0.25, 0.3) is 22.3 Å². The van der Waals surface area contributed by atoms with E-state index >= 15 is 0 Å². The van der Waals surface area contributed by atoms with E-state index in [1.54, 1.807) is 62.4 Å². The summed E-state index contributed by atoms with van der Waals surface area (Å²) < 4.78 is 34.5. The van der Waals surface area contributed by atoms with Gasteiger partial charge in [-0.15, -0.1) is 0 Å². The molecule has 35 heavy (non-hydrogen) atoms. The van der Waals surface area contributed by atoms with Gasteiger partial charge in [-0.25, -0.2) is 8.78 Å². The summed E-state index contributed by atoms with van der Waals surface area (Å²) in [6.45, 7) is 3.09. The number of carbonyl (C=O) groups is 2. The monoisotopic (exact) mass is 470 g/mol. The molecule has 0 aromatic heterocycles. The minimum Gasteiger partial charge on any atom is -0.392 e. The molecule has 0 bridgehead atoms. The molecule has 0 saturated carbocycles. The topological polar surface area (TPSA) is 43.4 Å². The average Bonchev–Trinajstić information content (AvgIpc) is 2.88. The molecule has 0 N–H and O–H groups in total. The van der Waals surface area contributed by atoms with Gasteiger partial charge >= 0.3 is 11.9 Å². The Bertz CT molecular complexity index is 1250. The Morgan fingerprint density at radius 3 is 1.31 bits per heavy atom. The molecule has 0 radical (unpaired) electrons. The van der Waals surface area contributed by atoms with Gasteiger partial charge in [-0.1, -0.05) is 84.9 Å². The molecule has 0 saturated heterocycles. The predicted octanol–water partition coefficient (Wildman–Crippen LogP) is 7.28. The van der Waals surface area contributed by atoms with Crippen LogP contribution >= 0.6 is 0 Å². The minimum atomic E-state index is -0.859. The largest absolute Gasteiger partial charge is 0.392 e. The summed E-state index contributed by atoms with van der Waals surface area (Å²) in [6, 6.07) is 27.2. The molecule has 3 nitrogen and oxygen atoms in total. The first-order valence-corrected chi connectivity index (χ1v) is 11.3. The second kappa shape index (κ2) is 10.4. The highest BCUT2D eigenvalue weighted by atomic mass is 19.1.